The molecule has 0 rings (SSSR count). The van der Waals surface area contributed by atoms with E-state index in [4.69, 9.17) is 5.73 Å². The number of carbonyl (C=O) groups excluding carboxylic acids is 2. The summed E-state index contributed by atoms with van der Waals surface area (Å²) in [5, 5.41) is 0. The lowest BCUT2D eigenvalue weighted by molar-refractivity contribution is -0.115. The van der Waals surface area contributed by atoms with Crippen LogP contribution < -0.4 is 5.73 Å². The minimum atomic E-state index is -0.120. The molecule has 3 heteroatoms. The Hall–Kier alpha value is -0.960. The lowest BCUT2D eigenvalue weighted by atomic mass is 10.2. The molecule has 0 bridgehead atoms. The van der Waals surface area contributed by atoms with Crippen LogP contribution in [0.4, 0.5) is 0 Å². The van der Waals surface area contributed by atoms with Gasteiger partial charge in [-0.1, -0.05) is 0 Å². The Balaban J connectivity index is 3.67. The number of hydrogen-bond acceptors (Lipinski definition) is 3. The van der Waals surface area contributed by atoms with Gasteiger partial charge in [-0.25, -0.2) is 0 Å². The van der Waals surface area contributed by atoms with Crippen LogP contribution in [0.3, 0.4) is 0 Å². The molecule has 10 heavy (non-hydrogen) atoms. The van der Waals surface area contributed by atoms with E-state index in [2.05, 4.69) is 0 Å². The Morgan fingerprint density at radius 1 is 1.40 bits per heavy atom. The highest BCUT2D eigenvalue weighted by Crippen LogP contribution is 1.83. The molecular formula is C7H11NO2. The van der Waals surface area contributed by atoms with Crippen molar-refractivity contribution in [3.8, 4) is 0 Å². The van der Waals surface area contributed by atoms with Crippen molar-refractivity contribution in [2.24, 2.45) is 5.73 Å². The van der Waals surface area contributed by atoms with Crippen molar-refractivity contribution in [2.75, 3.05) is 6.54 Å². The zero-order valence-corrected chi connectivity index (χ0v) is 5.96. The van der Waals surface area contributed by atoms with Gasteiger partial charge in [0.15, 0.2) is 11.6 Å². The van der Waals surface area contributed by atoms with E-state index in [0.717, 1.165) is 0 Å². The molecule has 0 heterocycles. The Kier molecular flexibility index (Phi) is 4.41. The molecule has 0 aliphatic carbocycles. The summed E-state index contributed by atoms with van der Waals surface area (Å²) >= 11 is 0. The largest absolute Gasteiger partial charge is 0.330 e. The molecule has 0 spiro atoms. The Morgan fingerprint density at radius 2 is 2.00 bits per heavy atom. The zero-order valence-electron chi connectivity index (χ0n) is 5.96. The van der Waals surface area contributed by atoms with E-state index in [9.17, 15) is 9.59 Å². The molecular weight excluding hydrogens is 130 g/mol. The van der Waals surface area contributed by atoms with Gasteiger partial charge in [0.2, 0.25) is 0 Å². The first kappa shape index (κ1) is 9.04. The van der Waals surface area contributed by atoms with E-state index in [1.807, 2.05) is 0 Å². The maximum absolute atomic E-state index is 10.6. The van der Waals surface area contributed by atoms with Gasteiger partial charge in [0.25, 0.3) is 0 Å². The van der Waals surface area contributed by atoms with Gasteiger partial charge in [-0.3, -0.25) is 9.59 Å². The van der Waals surface area contributed by atoms with Crippen molar-refractivity contribution in [3.63, 3.8) is 0 Å². The summed E-state index contributed by atoms with van der Waals surface area (Å²) in [4.78, 5) is 20.9. The van der Waals surface area contributed by atoms with Crippen LogP contribution in [-0.4, -0.2) is 18.1 Å². The van der Waals surface area contributed by atoms with Gasteiger partial charge in [-0.2, -0.15) is 0 Å². The number of rotatable bonds is 4. The topological polar surface area (TPSA) is 60.2 Å². The normalized spacial score (nSPS) is 10.2. The number of hydrogen-bond donors (Lipinski definition) is 1. The summed E-state index contributed by atoms with van der Waals surface area (Å²) in [7, 11) is 0. The van der Waals surface area contributed by atoms with Gasteiger partial charge in [-0.15, -0.1) is 0 Å². The molecule has 0 atom stereocenters. The Morgan fingerprint density at radius 3 is 2.40 bits per heavy atom. The highest BCUT2D eigenvalue weighted by Gasteiger charge is 1.92. The fraction of sp³-hybridized carbons (Fsp3) is 0.429. The predicted octanol–water partition coefficient (Wildman–Crippen LogP) is 0.0495. The van der Waals surface area contributed by atoms with Crippen molar-refractivity contribution >= 4 is 11.6 Å². The Bertz CT molecular complexity index is 161. The lowest BCUT2D eigenvalue weighted by Gasteiger charge is -1.86. The van der Waals surface area contributed by atoms with Gasteiger partial charge in [0.1, 0.15) is 0 Å². The molecule has 0 radical (unpaired) electrons. The molecule has 3 nitrogen and oxygen atoms in total. The van der Waals surface area contributed by atoms with Gasteiger partial charge in [-0.05, 0) is 25.6 Å². The fourth-order valence-corrected chi connectivity index (χ4v) is 0.436. The Labute approximate surface area is 59.9 Å². The third-order valence-corrected chi connectivity index (χ3v) is 0.895. The summed E-state index contributed by atoms with van der Waals surface area (Å²) in [5.41, 5.74) is 5.10. The molecule has 2 N–H and O–H groups in total. The summed E-state index contributed by atoms with van der Waals surface area (Å²) in [6.07, 6.45) is 2.82. The third kappa shape index (κ3) is 5.18. The van der Waals surface area contributed by atoms with E-state index >= 15 is 0 Å². The number of allylic oxidation sites excluding steroid dienone is 2. The van der Waals surface area contributed by atoms with E-state index in [1.54, 1.807) is 0 Å². The summed E-state index contributed by atoms with van der Waals surface area (Å²) < 4.78 is 0. The molecule has 0 saturated heterocycles. The average molecular weight is 141 g/mol. The van der Waals surface area contributed by atoms with Crippen molar-refractivity contribution in [1.29, 1.82) is 0 Å². The zero-order chi connectivity index (χ0) is 7.98. The van der Waals surface area contributed by atoms with Crippen molar-refractivity contribution in [1.82, 2.24) is 0 Å². The van der Waals surface area contributed by atoms with Gasteiger partial charge in [0.05, 0.1) is 0 Å². The standard InChI is InChI=1S/C7H11NO2/c1-6(9)2-3-7(10)4-5-8/h2-3H,4-5,8H2,1H3/b3-2-. The molecule has 0 saturated carbocycles. The first-order valence-corrected chi connectivity index (χ1v) is 3.08. The number of carbonyl (C=O) groups is 2. The monoisotopic (exact) mass is 141 g/mol. The first-order chi connectivity index (χ1) is 4.66. The van der Waals surface area contributed by atoms with Crippen LogP contribution in [0, 0.1) is 0 Å². The van der Waals surface area contributed by atoms with Crippen LogP contribution >= 0.6 is 0 Å². The molecule has 0 amide bonds. The lowest BCUT2D eigenvalue weighted by Crippen LogP contribution is -2.05. The second-order valence-electron chi connectivity index (χ2n) is 1.95. The van der Waals surface area contributed by atoms with Crippen molar-refractivity contribution in [2.45, 2.75) is 13.3 Å². The molecule has 0 aromatic rings. The van der Waals surface area contributed by atoms with Gasteiger partial charge < -0.3 is 5.73 Å². The van der Waals surface area contributed by atoms with Crippen LogP contribution in [0.25, 0.3) is 0 Å². The number of nitrogens with two attached hydrogens (primary N) is 1. The van der Waals surface area contributed by atoms with E-state index < -0.39 is 0 Å². The van der Waals surface area contributed by atoms with E-state index in [0.29, 0.717) is 13.0 Å². The van der Waals surface area contributed by atoms with Crippen LogP contribution in [0.15, 0.2) is 12.2 Å². The second kappa shape index (κ2) is 4.88. The average Bonchev–Trinajstić information content (AvgIpc) is 1.85. The molecule has 0 aliphatic rings. The van der Waals surface area contributed by atoms with Crippen molar-refractivity contribution in [3.05, 3.63) is 12.2 Å². The van der Waals surface area contributed by atoms with Crippen LogP contribution in [-0.2, 0) is 9.59 Å². The van der Waals surface area contributed by atoms with E-state index in [-0.39, 0.29) is 11.6 Å². The smallest absolute Gasteiger partial charge is 0.157 e. The van der Waals surface area contributed by atoms with Crippen molar-refractivity contribution < 1.29 is 9.59 Å². The maximum atomic E-state index is 10.6. The molecule has 0 aliphatic heterocycles. The van der Waals surface area contributed by atoms with E-state index in [1.165, 1.54) is 19.1 Å². The minimum absolute atomic E-state index is 0.0994. The SMILES string of the molecule is CC(=O)/C=C\C(=O)CCN. The van der Waals surface area contributed by atoms with Gasteiger partial charge >= 0.3 is 0 Å². The summed E-state index contributed by atoms with van der Waals surface area (Å²) in [5.74, 6) is -0.219. The molecule has 0 unspecified atom stereocenters. The quantitative estimate of drug-likeness (QED) is 0.563. The first-order valence-electron chi connectivity index (χ1n) is 3.08. The van der Waals surface area contributed by atoms with Crippen LogP contribution in [0.2, 0.25) is 0 Å². The molecule has 0 fully saturated rings. The second-order valence-corrected chi connectivity index (χ2v) is 1.95. The maximum Gasteiger partial charge on any atom is 0.157 e. The summed E-state index contributed by atoms with van der Waals surface area (Å²) in [6, 6.07) is 0. The number of ketones is 2. The predicted molar refractivity (Wildman–Crippen MR) is 38.5 cm³/mol. The third-order valence-electron chi connectivity index (χ3n) is 0.895. The highest BCUT2D eigenvalue weighted by atomic mass is 16.1. The van der Waals surface area contributed by atoms with Crippen LogP contribution in [0.5, 0.6) is 0 Å². The van der Waals surface area contributed by atoms with Crippen LogP contribution in [0.1, 0.15) is 13.3 Å². The summed E-state index contributed by atoms with van der Waals surface area (Å²) in [6.45, 7) is 1.73. The minimum Gasteiger partial charge on any atom is -0.330 e. The molecule has 0 aromatic carbocycles. The van der Waals surface area contributed by atoms with Gasteiger partial charge in [0, 0.05) is 6.42 Å². The molecule has 0 aromatic heterocycles. The molecule has 56 valence electrons. The highest BCUT2D eigenvalue weighted by molar-refractivity contribution is 5.97. The fourth-order valence-electron chi connectivity index (χ4n) is 0.436.